The quantitative estimate of drug-likeness (QED) is 0.789. The van der Waals surface area contributed by atoms with Crippen LogP contribution < -0.4 is 5.46 Å². The first-order valence-electron chi connectivity index (χ1n) is 9.55. The van der Waals surface area contributed by atoms with Crippen LogP contribution in [0.2, 0.25) is 0 Å². The van der Waals surface area contributed by atoms with Gasteiger partial charge in [0.15, 0.2) is 5.76 Å². The van der Waals surface area contributed by atoms with Crippen molar-refractivity contribution in [1.82, 2.24) is 10.1 Å². The van der Waals surface area contributed by atoms with Crippen LogP contribution in [0.15, 0.2) is 28.8 Å². The van der Waals surface area contributed by atoms with Crippen LogP contribution in [-0.4, -0.2) is 53.0 Å². The molecular weight excluding hydrogens is 378 g/mol. The van der Waals surface area contributed by atoms with Crippen LogP contribution in [-0.2, 0) is 19.7 Å². The van der Waals surface area contributed by atoms with E-state index in [0.717, 1.165) is 0 Å². The first kappa shape index (κ1) is 20.1. The molecule has 2 aliphatic rings. The molecule has 2 aromatic rings. The van der Waals surface area contributed by atoms with Crippen LogP contribution >= 0.6 is 0 Å². The smallest absolute Gasteiger partial charge is 0.399 e. The van der Waals surface area contributed by atoms with Gasteiger partial charge in [0.25, 0.3) is 5.91 Å². The van der Waals surface area contributed by atoms with Crippen LogP contribution in [0, 0.1) is 5.82 Å². The van der Waals surface area contributed by atoms with Crippen molar-refractivity contribution in [3.8, 4) is 11.3 Å². The third-order valence-electron chi connectivity index (χ3n) is 6.17. The Morgan fingerprint density at radius 2 is 1.79 bits per heavy atom. The van der Waals surface area contributed by atoms with Crippen molar-refractivity contribution >= 4 is 18.5 Å². The molecule has 7 nitrogen and oxygen atoms in total. The zero-order chi connectivity index (χ0) is 21.2. The molecule has 0 aliphatic carbocycles. The predicted molar refractivity (Wildman–Crippen MR) is 104 cm³/mol. The molecule has 0 bridgehead atoms. The number of aliphatic hydroxyl groups is 1. The number of carbonyl (C=O) groups excluding carboxylic acids is 1. The van der Waals surface area contributed by atoms with Gasteiger partial charge < -0.3 is 23.8 Å². The third kappa shape index (κ3) is 3.17. The van der Waals surface area contributed by atoms with E-state index in [0.29, 0.717) is 23.3 Å². The standard InChI is InChI=1S/C20H24BFN2O5/c1-18(2)19(3,4)29-21(28-18)13-8-12(9-14(22)10-13)15-11-16(27-23-15)20(26)6-7-24(5)17(20)25/h8-11,26H,6-7H2,1-5H3. The summed E-state index contributed by atoms with van der Waals surface area (Å²) < 4.78 is 31.6. The fourth-order valence-electron chi connectivity index (χ4n) is 3.56. The molecule has 3 heterocycles. The van der Waals surface area contributed by atoms with Crippen molar-refractivity contribution in [2.45, 2.75) is 50.9 Å². The molecule has 1 aromatic heterocycles. The second-order valence-corrected chi connectivity index (χ2v) is 8.77. The fraction of sp³-hybridized carbons (Fsp3) is 0.500. The van der Waals surface area contributed by atoms with Crippen molar-refractivity contribution in [2.24, 2.45) is 0 Å². The number of hydrogen-bond donors (Lipinski definition) is 1. The lowest BCUT2D eigenvalue weighted by Gasteiger charge is -2.32. The number of halogens is 1. The molecule has 154 valence electrons. The summed E-state index contributed by atoms with van der Waals surface area (Å²) in [5, 5.41) is 14.7. The number of nitrogens with zero attached hydrogens (tertiary/aromatic N) is 2. The number of likely N-dealkylation sites (tertiary alicyclic amines) is 1. The lowest BCUT2D eigenvalue weighted by atomic mass is 9.78. The maximum atomic E-state index is 14.4. The first-order chi connectivity index (χ1) is 13.4. The Kier molecular flexibility index (Phi) is 4.42. The highest BCUT2D eigenvalue weighted by atomic mass is 19.1. The van der Waals surface area contributed by atoms with E-state index in [2.05, 4.69) is 5.16 Å². The van der Waals surface area contributed by atoms with Crippen molar-refractivity contribution in [3.63, 3.8) is 0 Å². The summed E-state index contributed by atoms with van der Waals surface area (Å²) in [6.45, 7) is 8.11. The van der Waals surface area contributed by atoms with Crippen molar-refractivity contribution in [3.05, 3.63) is 35.8 Å². The highest BCUT2D eigenvalue weighted by Crippen LogP contribution is 2.37. The molecule has 1 amide bonds. The largest absolute Gasteiger partial charge is 0.494 e. The van der Waals surface area contributed by atoms with Crippen LogP contribution in [0.5, 0.6) is 0 Å². The van der Waals surface area contributed by atoms with Gasteiger partial charge in [-0.25, -0.2) is 4.39 Å². The number of benzene rings is 1. The Balaban J connectivity index is 1.66. The van der Waals surface area contributed by atoms with Gasteiger partial charge >= 0.3 is 7.12 Å². The van der Waals surface area contributed by atoms with E-state index in [4.69, 9.17) is 13.8 Å². The van der Waals surface area contributed by atoms with Crippen molar-refractivity contribution in [1.29, 1.82) is 0 Å². The summed E-state index contributed by atoms with van der Waals surface area (Å²) in [4.78, 5) is 13.7. The minimum absolute atomic E-state index is 0.0447. The number of likely N-dealkylation sites (N-methyl/N-ethyl adjacent to an activating group) is 1. The minimum Gasteiger partial charge on any atom is -0.399 e. The van der Waals surface area contributed by atoms with Gasteiger partial charge in [-0.05, 0) is 45.3 Å². The molecule has 4 rings (SSSR count). The zero-order valence-corrected chi connectivity index (χ0v) is 17.2. The second kappa shape index (κ2) is 6.39. The maximum Gasteiger partial charge on any atom is 0.494 e. The summed E-state index contributed by atoms with van der Waals surface area (Å²) >= 11 is 0. The van der Waals surface area contributed by atoms with E-state index in [1.54, 1.807) is 13.1 Å². The van der Waals surface area contributed by atoms with E-state index >= 15 is 0 Å². The molecule has 1 unspecified atom stereocenters. The number of rotatable bonds is 3. The average molecular weight is 402 g/mol. The van der Waals surface area contributed by atoms with E-state index in [9.17, 15) is 14.3 Å². The Morgan fingerprint density at radius 1 is 1.14 bits per heavy atom. The average Bonchev–Trinajstić information content (AvgIpc) is 3.28. The fourth-order valence-corrected chi connectivity index (χ4v) is 3.56. The summed E-state index contributed by atoms with van der Waals surface area (Å²) in [5.74, 6) is -0.882. The van der Waals surface area contributed by atoms with Gasteiger partial charge in [-0.15, -0.1) is 0 Å². The molecule has 0 radical (unpaired) electrons. The van der Waals surface area contributed by atoms with Crippen LogP contribution in [0.25, 0.3) is 11.3 Å². The number of amides is 1. The molecule has 1 aromatic carbocycles. The molecule has 9 heteroatoms. The SMILES string of the molecule is CN1CCC(O)(c2cc(-c3cc(F)cc(B4OC(C)(C)C(C)(C)O4)c3)no2)C1=O. The predicted octanol–water partition coefficient (Wildman–Crippen LogP) is 1.83. The Morgan fingerprint density at radius 3 is 2.38 bits per heavy atom. The lowest BCUT2D eigenvalue weighted by molar-refractivity contribution is -0.144. The van der Waals surface area contributed by atoms with E-state index in [1.807, 2.05) is 27.7 Å². The van der Waals surface area contributed by atoms with Crippen molar-refractivity contribution < 1.29 is 28.1 Å². The van der Waals surface area contributed by atoms with E-state index in [-0.39, 0.29) is 12.2 Å². The summed E-state index contributed by atoms with van der Waals surface area (Å²) in [6.07, 6.45) is 0.208. The summed E-state index contributed by atoms with van der Waals surface area (Å²) in [6, 6.07) is 5.85. The first-order valence-corrected chi connectivity index (χ1v) is 9.55. The number of carbonyl (C=O) groups is 1. The summed E-state index contributed by atoms with van der Waals surface area (Å²) in [7, 11) is 0.885. The van der Waals surface area contributed by atoms with Gasteiger partial charge in [-0.2, -0.15) is 0 Å². The van der Waals surface area contributed by atoms with Gasteiger partial charge in [0.05, 0.1) is 11.2 Å². The monoisotopic (exact) mass is 402 g/mol. The molecule has 0 saturated carbocycles. The van der Waals surface area contributed by atoms with Gasteiger partial charge in [0.2, 0.25) is 5.60 Å². The Hall–Kier alpha value is -2.23. The molecule has 0 spiro atoms. The highest BCUT2D eigenvalue weighted by molar-refractivity contribution is 6.62. The van der Waals surface area contributed by atoms with Gasteiger partial charge in [0.1, 0.15) is 11.5 Å². The summed E-state index contributed by atoms with van der Waals surface area (Å²) in [5.41, 5.74) is -1.59. The topological polar surface area (TPSA) is 85.0 Å². The third-order valence-corrected chi connectivity index (χ3v) is 6.17. The maximum absolute atomic E-state index is 14.4. The molecular formula is C20H24BFN2O5. The molecule has 1 N–H and O–H groups in total. The molecule has 2 saturated heterocycles. The Bertz CT molecular complexity index is 960. The molecule has 29 heavy (non-hydrogen) atoms. The van der Waals surface area contributed by atoms with Gasteiger partial charge in [0, 0.05) is 31.6 Å². The minimum atomic E-state index is -1.75. The van der Waals surface area contributed by atoms with Gasteiger partial charge in [-0.1, -0.05) is 11.2 Å². The van der Waals surface area contributed by atoms with Gasteiger partial charge in [-0.3, -0.25) is 4.79 Å². The molecule has 1 atom stereocenters. The number of aromatic nitrogens is 1. The second-order valence-electron chi connectivity index (χ2n) is 8.77. The number of hydrogen-bond acceptors (Lipinski definition) is 6. The molecule has 2 fully saturated rings. The molecule has 2 aliphatic heterocycles. The van der Waals surface area contributed by atoms with E-state index in [1.165, 1.54) is 23.1 Å². The van der Waals surface area contributed by atoms with Crippen LogP contribution in [0.1, 0.15) is 39.9 Å². The highest BCUT2D eigenvalue weighted by Gasteiger charge is 2.52. The normalized spacial score (nSPS) is 25.8. The van der Waals surface area contributed by atoms with E-state index < -0.39 is 35.6 Å². The van der Waals surface area contributed by atoms with Crippen LogP contribution in [0.4, 0.5) is 4.39 Å². The Labute approximate surface area is 168 Å². The zero-order valence-electron chi connectivity index (χ0n) is 17.2. The van der Waals surface area contributed by atoms with Crippen molar-refractivity contribution in [2.75, 3.05) is 13.6 Å². The van der Waals surface area contributed by atoms with Crippen LogP contribution in [0.3, 0.4) is 0 Å². The lowest BCUT2D eigenvalue weighted by Crippen LogP contribution is -2.41.